The largest absolute Gasteiger partial charge is 4.00 e. The Bertz CT molecular complexity index is 994. The third-order valence-electron chi connectivity index (χ3n) is 3.46. The van der Waals surface area contributed by atoms with Crippen molar-refractivity contribution in [2.45, 2.75) is 13.8 Å². The van der Waals surface area contributed by atoms with Crippen LogP contribution in [0.25, 0.3) is 0 Å². The summed E-state index contributed by atoms with van der Waals surface area (Å²) < 4.78 is 50.0. The van der Waals surface area contributed by atoms with Gasteiger partial charge in [0.1, 0.15) is 0 Å². The zero-order chi connectivity index (χ0) is 25.3. The van der Waals surface area contributed by atoms with Crippen LogP contribution < -0.4 is 10.6 Å². The molecule has 35 heavy (non-hydrogen) atoms. The van der Waals surface area contributed by atoms with Crippen LogP contribution >= 0.6 is 0 Å². The standard InChI is InChI=1S/2C8H6F2NO.2C5H5.Ti/c2*1-5(12)11-8-3-2-6(9)4-7(8)10;2*1-2-4-5-3-1;/h2*2-3H,1H3,(H,11,12);2*1-5H;/q4*-1;+4. The Hall–Kier alpha value is -3.49. The molecule has 4 nitrogen and oxygen atoms in total. The fourth-order valence-corrected chi connectivity index (χ4v) is 2.10. The molecule has 0 radical (unpaired) electrons. The summed E-state index contributed by atoms with van der Waals surface area (Å²) in [7, 11) is 0. The third kappa shape index (κ3) is 15.1. The van der Waals surface area contributed by atoms with E-state index in [-0.39, 0.29) is 33.1 Å². The molecule has 0 aliphatic heterocycles. The van der Waals surface area contributed by atoms with E-state index < -0.39 is 35.1 Å². The molecule has 0 heterocycles. The molecule has 4 aromatic rings. The van der Waals surface area contributed by atoms with E-state index in [9.17, 15) is 27.2 Å². The molecule has 4 aromatic carbocycles. The van der Waals surface area contributed by atoms with Gasteiger partial charge in [0.15, 0.2) is 0 Å². The summed E-state index contributed by atoms with van der Waals surface area (Å²) in [5, 5.41) is 4.38. The topological polar surface area (TPSA) is 58.2 Å². The van der Waals surface area contributed by atoms with E-state index in [1.165, 1.54) is 13.8 Å². The van der Waals surface area contributed by atoms with Gasteiger partial charge in [-0.3, -0.25) is 9.59 Å². The summed E-state index contributed by atoms with van der Waals surface area (Å²) in [6.07, 6.45) is 0. The minimum absolute atomic E-state index is 0. The first-order valence-electron chi connectivity index (χ1n) is 9.82. The van der Waals surface area contributed by atoms with E-state index in [0.717, 1.165) is 24.3 Å². The molecular weight excluding hydrogens is 496 g/mol. The molecule has 0 fully saturated rings. The first-order valence-corrected chi connectivity index (χ1v) is 9.82. The van der Waals surface area contributed by atoms with Crippen LogP contribution in [-0.4, -0.2) is 11.8 Å². The van der Waals surface area contributed by atoms with Crippen LogP contribution in [0.2, 0.25) is 0 Å². The monoisotopic (exact) mass is 518 g/mol. The van der Waals surface area contributed by atoms with Crippen LogP contribution in [0.4, 0.5) is 28.9 Å². The minimum Gasteiger partial charge on any atom is -0.377 e. The second-order valence-electron chi connectivity index (χ2n) is 6.35. The average Bonchev–Trinajstić information content (AvgIpc) is 3.51. The molecule has 2 amide bonds. The van der Waals surface area contributed by atoms with Crippen molar-refractivity contribution in [1.29, 1.82) is 0 Å². The van der Waals surface area contributed by atoms with Gasteiger partial charge in [-0.15, -0.1) is 36.4 Å². The van der Waals surface area contributed by atoms with Crippen molar-refractivity contribution in [3.8, 4) is 0 Å². The van der Waals surface area contributed by atoms with Gasteiger partial charge in [0.25, 0.3) is 0 Å². The van der Waals surface area contributed by atoms with Crippen LogP contribution in [0.5, 0.6) is 0 Å². The van der Waals surface area contributed by atoms with Crippen LogP contribution in [0, 0.1) is 35.4 Å². The van der Waals surface area contributed by atoms with Gasteiger partial charge >= 0.3 is 21.7 Å². The molecule has 0 saturated carbocycles. The van der Waals surface area contributed by atoms with Gasteiger partial charge in [-0.05, 0) is 11.4 Å². The van der Waals surface area contributed by atoms with Crippen molar-refractivity contribution in [2.24, 2.45) is 0 Å². The number of benzene rings is 2. The Labute approximate surface area is 216 Å². The van der Waals surface area contributed by atoms with Crippen molar-refractivity contribution in [1.82, 2.24) is 0 Å². The molecule has 0 unspecified atom stereocenters. The van der Waals surface area contributed by atoms with E-state index in [0.29, 0.717) is 0 Å². The molecule has 0 atom stereocenters. The van der Waals surface area contributed by atoms with Crippen molar-refractivity contribution >= 4 is 23.2 Å². The molecule has 0 aliphatic rings. The Morgan fingerprint density at radius 3 is 1.17 bits per heavy atom. The molecular formula is C26H22F4N2O2Ti. The number of hydrogen-bond donors (Lipinski definition) is 2. The SMILES string of the molecule is CC(=O)Nc1ccc(F)[c-]c1F.CC(=O)Nc1ccc(F)[c-]c1F.[Ti+4].c1cc[cH-]c1.c1cc[cH-]c1. The van der Waals surface area contributed by atoms with Gasteiger partial charge in [0.2, 0.25) is 11.8 Å². The molecule has 180 valence electrons. The maximum absolute atomic E-state index is 12.7. The van der Waals surface area contributed by atoms with Crippen molar-refractivity contribution < 1.29 is 48.9 Å². The number of carbonyl (C=O) groups excluding carboxylic acids is 2. The predicted molar refractivity (Wildman–Crippen MR) is 123 cm³/mol. The van der Waals surface area contributed by atoms with Gasteiger partial charge in [-0.25, -0.2) is 41.8 Å². The van der Waals surface area contributed by atoms with E-state index in [4.69, 9.17) is 0 Å². The fourth-order valence-electron chi connectivity index (χ4n) is 2.10. The van der Waals surface area contributed by atoms with Gasteiger partial charge in [0, 0.05) is 37.1 Å². The van der Waals surface area contributed by atoms with Gasteiger partial charge in [-0.2, -0.15) is 36.4 Å². The molecule has 2 N–H and O–H groups in total. The number of carbonyl (C=O) groups is 2. The van der Waals surface area contributed by atoms with Crippen LogP contribution in [0.15, 0.2) is 84.9 Å². The molecule has 0 spiro atoms. The number of nitrogens with one attached hydrogen (secondary N) is 2. The van der Waals surface area contributed by atoms with Gasteiger partial charge < -0.3 is 10.6 Å². The fraction of sp³-hybridized carbons (Fsp3) is 0.0769. The van der Waals surface area contributed by atoms with Gasteiger partial charge in [0.05, 0.1) is 0 Å². The Balaban J connectivity index is 0.000000468. The van der Waals surface area contributed by atoms with E-state index >= 15 is 0 Å². The third-order valence-corrected chi connectivity index (χ3v) is 3.46. The maximum Gasteiger partial charge on any atom is 4.00 e. The summed E-state index contributed by atoms with van der Waals surface area (Å²) in [5.41, 5.74) is -0.132. The van der Waals surface area contributed by atoms with Crippen LogP contribution in [-0.2, 0) is 31.3 Å². The Kier molecular flexibility index (Phi) is 16.1. The second-order valence-corrected chi connectivity index (χ2v) is 6.35. The number of halogens is 4. The predicted octanol–water partition coefficient (Wildman–Crippen LogP) is 6.26. The molecule has 4 rings (SSSR count). The molecule has 0 aromatic heterocycles. The summed E-state index contributed by atoms with van der Waals surface area (Å²) in [6.45, 7) is 2.48. The first kappa shape index (κ1) is 31.5. The quantitative estimate of drug-likeness (QED) is 0.187. The Morgan fingerprint density at radius 2 is 0.971 bits per heavy atom. The molecule has 0 bridgehead atoms. The number of amides is 2. The minimum atomic E-state index is -0.898. The number of anilines is 2. The van der Waals surface area contributed by atoms with Crippen molar-refractivity contribution in [2.75, 3.05) is 10.6 Å². The second kappa shape index (κ2) is 17.9. The zero-order valence-corrected chi connectivity index (χ0v) is 20.5. The average molecular weight is 518 g/mol. The van der Waals surface area contributed by atoms with Crippen molar-refractivity contribution in [3.05, 3.63) is 120 Å². The molecule has 0 saturated heterocycles. The molecule has 9 heteroatoms. The normalized spacial score (nSPS) is 8.86. The summed E-state index contributed by atoms with van der Waals surface area (Å²) >= 11 is 0. The number of rotatable bonds is 2. The summed E-state index contributed by atoms with van der Waals surface area (Å²) in [5.74, 6) is -4.19. The van der Waals surface area contributed by atoms with E-state index in [2.05, 4.69) is 10.6 Å². The summed E-state index contributed by atoms with van der Waals surface area (Å²) in [6, 6.07) is 27.9. The van der Waals surface area contributed by atoms with Crippen LogP contribution in [0.3, 0.4) is 0 Å². The number of hydrogen-bond acceptors (Lipinski definition) is 2. The van der Waals surface area contributed by atoms with Gasteiger partial charge in [-0.1, -0.05) is 0 Å². The first-order chi connectivity index (χ1) is 16.2. The van der Waals surface area contributed by atoms with Crippen molar-refractivity contribution in [3.63, 3.8) is 0 Å². The van der Waals surface area contributed by atoms with Crippen LogP contribution in [0.1, 0.15) is 13.8 Å². The Morgan fingerprint density at radius 1 is 0.657 bits per heavy atom. The zero-order valence-electron chi connectivity index (χ0n) is 18.9. The molecule has 0 aliphatic carbocycles. The smallest absolute Gasteiger partial charge is 0.377 e. The summed E-state index contributed by atoms with van der Waals surface area (Å²) in [4.78, 5) is 20.9. The maximum atomic E-state index is 12.7. The van der Waals surface area contributed by atoms with E-state index in [1.54, 1.807) is 12.1 Å². The van der Waals surface area contributed by atoms with E-state index in [1.807, 2.05) is 60.7 Å².